The average molecular weight is 531 g/mol. The summed E-state index contributed by atoms with van der Waals surface area (Å²) in [6, 6.07) is 8.28. The smallest absolute Gasteiger partial charge is 0.225 e. The van der Waals surface area contributed by atoms with Gasteiger partial charge in [0.1, 0.15) is 5.82 Å². The lowest BCUT2D eigenvalue weighted by Gasteiger charge is -2.42. The fraction of sp³-hybridized carbons (Fsp3) is 0.500. The lowest BCUT2D eigenvalue weighted by molar-refractivity contribution is -0.138. The number of nitrogens with one attached hydrogen (secondary N) is 1. The van der Waals surface area contributed by atoms with Gasteiger partial charge < -0.3 is 31.5 Å². The lowest BCUT2D eigenvalue weighted by atomic mass is 9.93. The maximum atomic E-state index is 13.4. The zero-order valence-corrected chi connectivity index (χ0v) is 22.8. The summed E-state index contributed by atoms with van der Waals surface area (Å²) < 4.78 is 0. The van der Waals surface area contributed by atoms with Crippen molar-refractivity contribution in [3.05, 3.63) is 66.7 Å². The molecule has 1 amide bonds. The Hall–Kier alpha value is -3.59. The summed E-state index contributed by atoms with van der Waals surface area (Å²) in [5.74, 6) is 1.90. The summed E-state index contributed by atoms with van der Waals surface area (Å²) in [7, 11) is 0. The normalized spacial score (nSPS) is 20.6. The Morgan fingerprint density at radius 1 is 1.03 bits per heavy atom. The summed E-state index contributed by atoms with van der Waals surface area (Å²) in [6.07, 6.45) is 17.7. The molecule has 2 fully saturated rings. The minimum absolute atomic E-state index is 0.142. The fourth-order valence-corrected chi connectivity index (χ4v) is 6.09. The largest absolute Gasteiger partial charge is 0.396 e. The number of carbonyl (C=O) groups excluding carboxylic acids is 1. The number of carbonyl (C=O) groups is 1. The molecule has 2 aromatic rings. The number of anilines is 3. The van der Waals surface area contributed by atoms with E-state index >= 15 is 0 Å². The molecule has 5 N–H and O–H groups in total. The number of aryl methyl sites for hydroxylation is 1. The first-order valence-electron chi connectivity index (χ1n) is 14.3. The summed E-state index contributed by atoms with van der Waals surface area (Å²) in [6.45, 7) is 5.41. The summed E-state index contributed by atoms with van der Waals surface area (Å²) in [5.41, 5.74) is 14.1. The molecule has 5 heterocycles. The van der Waals surface area contributed by atoms with Crippen LogP contribution in [0.3, 0.4) is 0 Å². The summed E-state index contributed by atoms with van der Waals surface area (Å²) in [5, 5.41) is 3.42. The van der Waals surface area contributed by atoms with E-state index in [-0.39, 0.29) is 12.0 Å². The van der Waals surface area contributed by atoms with Gasteiger partial charge in [-0.2, -0.15) is 0 Å². The van der Waals surface area contributed by atoms with Gasteiger partial charge >= 0.3 is 0 Å². The van der Waals surface area contributed by atoms with Gasteiger partial charge in [0.15, 0.2) is 5.82 Å². The monoisotopic (exact) mass is 530 g/mol. The van der Waals surface area contributed by atoms with Crippen LogP contribution in [-0.2, 0) is 11.2 Å². The number of allylic oxidation sites excluding steroid dienone is 2. The molecule has 0 bridgehead atoms. The second-order valence-corrected chi connectivity index (χ2v) is 11.0. The molecule has 3 aliphatic rings. The number of nitrogens with two attached hydrogens (primary N) is 2. The van der Waals surface area contributed by atoms with Gasteiger partial charge in [-0.05, 0) is 100 Å². The maximum Gasteiger partial charge on any atom is 0.225 e. The number of hydrogen-bond acceptors (Lipinski definition) is 8. The quantitative estimate of drug-likeness (QED) is 0.453. The highest BCUT2D eigenvalue weighted by atomic mass is 16.2. The SMILES string of the molecule is Nc1cc(CCCN2CCC(C(=O)N3CCC(N(CC4C=CC=CN4)c4ncccc4N)CC3)CC2)ccn1. The molecule has 0 saturated carbocycles. The number of dihydropyridines is 1. The Kier molecular flexibility index (Phi) is 8.98. The Balaban J connectivity index is 1.09. The average Bonchev–Trinajstić information content (AvgIpc) is 2.97. The van der Waals surface area contributed by atoms with Crippen molar-refractivity contribution in [3.8, 4) is 0 Å². The minimum atomic E-state index is 0.142. The van der Waals surface area contributed by atoms with E-state index in [1.54, 1.807) is 6.20 Å². The van der Waals surface area contributed by atoms with Crippen LogP contribution in [0.15, 0.2) is 61.1 Å². The summed E-state index contributed by atoms with van der Waals surface area (Å²) in [4.78, 5) is 29.1. The summed E-state index contributed by atoms with van der Waals surface area (Å²) >= 11 is 0. The number of likely N-dealkylation sites (tertiary alicyclic amines) is 2. The van der Waals surface area contributed by atoms with E-state index in [4.69, 9.17) is 11.5 Å². The molecule has 1 atom stereocenters. The number of amides is 1. The first kappa shape index (κ1) is 27.0. The van der Waals surface area contributed by atoms with Gasteiger partial charge in [-0.3, -0.25) is 4.79 Å². The fourth-order valence-electron chi connectivity index (χ4n) is 6.09. The topological polar surface area (TPSA) is 117 Å². The molecule has 5 rings (SSSR count). The molecule has 1 unspecified atom stereocenters. The van der Waals surface area contributed by atoms with E-state index in [2.05, 4.69) is 42.1 Å². The molecule has 0 aliphatic carbocycles. The van der Waals surface area contributed by atoms with Gasteiger partial charge in [0.2, 0.25) is 5.91 Å². The van der Waals surface area contributed by atoms with E-state index in [1.165, 1.54) is 5.56 Å². The third-order valence-electron chi connectivity index (χ3n) is 8.28. The zero-order valence-electron chi connectivity index (χ0n) is 22.8. The molecule has 9 nitrogen and oxygen atoms in total. The van der Waals surface area contributed by atoms with Gasteiger partial charge in [-0.15, -0.1) is 0 Å². The van der Waals surface area contributed by atoms with E-state index in [1.807, 2.05) is 42.7 Å². The Morgan fingerprint density at radius 2 is 1.85 bits per heavy atom. The van der Waals surface area contributed by atoms with Crippen molar-refractivity contribution in [1.29, 1.82) is 0 Å². The first-order valence-corrected chi connectivity index (χ1v) is 14.3. The molecule has 0 aromatic carbocycles. The van der Waals surface area contributed by atoms with E-state index in [9.17, 15) is 4.79 Å². The lowest BCUT2D eigenvalue weighted by Crippen LogP contribution is -2.52. The highest BCUT2D eigenvalue weighted by Gasteiger charge is 2.33. The maximum absolute atomic E-state index is 13.4. The number of piperidine rings is 2. The Morgan fingerprint density at radius 3 is 2.56 bits per heavy atom. The van der Waals surface area contributed by atoms with Crippen LogP contribution in [0.4, 0.5) is 17.3 Å². The van der Waals surface area contributed by atoms with Gasteiger partial charge in [0, 0.05) is 44.0 Å². The molecular formula is C30H42N8O. The number of rotatable bonds is 9. The van der Waals surface area contributed by atoms with Gasteiger partial charge in [-0.1, -0.05) is 12.2 Å². The molecule has 0 radical (unpaired) electrons. The van der Waals surface area contributed by atoms with E-state index in [0.29, 0.717) is 23.5 Å². The van der Waals surface area contributed by atoms with Gasteiger partial charge in [-0.25, -0.2) is 9.97 Å². The van der Waals surface area contributed by atoms with Crippen molar-refractivity contribution in [3.63, 3.8) is 0 Å². The van der Waals surface area contributed by atoms with Crippen molar-refractivity contribution in [2.45, 2.75) is 50.6 Å². The van der Waals surface area contributed by atoms with Crippen LogP contribution in [0.2, 0.25) is 0 Å². The second kappa shape index (κ2) is 13.0. The van der Waals surface area contributed by atoms with Crippen molar-refractivity contribution in [2.75, 3.05) is 55.6 Å². The second-order valence-electron chi connectivity index (χ2n) is 11.0. The highest BCUT2D eigenvalue weighted by molar-refractivity contribution is 5.79. The molecule has 9 heteroatoms. The molecular weight excluding hydrogens is 488 g/mol. The highest BCUT2D eigenvalue weighted by Crippen LogP contribution is 2.29. The van der Waals surface area contributed by atoms with Crippen LogP contribution in [0.5, 0.6) is 0 Å². The first-order chi connectivity index (χ1) is 19.1. The van der Waals surface area contributed by atoms with Crippen molar-refractivity contribution >= 4 is 23.2 Å². The van der Waals surface area contributed by atoms with Crippen molar-refractivity contribution in [2.24, 2.45) is 5.92 Å². The van der Waals surface area contributed by atoms with Gasteiger partial charge in [0.25, 0.3) is 0 Å². The molecule has 39 heavy (non-hydrogen) atoms. The number of nitrogen functional groups attached to an aromatic ring is 2. The zero-order chi connectivity index (χ0) is 27.0. The Bertz CT molecular complexity index is 1150. The number of hydrogen-bond donors (Lipinski definition) is 3. The third-order valence-corrected chi connectivity index (χ3v) is 8.28. The van der Waals surface area contributed by atoms with Crippen LogP contribution in [0.1, 0.15) is 37.7 Å². The van der Waals surface area contributed by atoms with Gasteiger partial charge in [0.05, 0.1) is 11.7 Å². The van der Waals surface area contributed by atoms with E-state index < -0.39 is 0 Å². The number of nitrogens with zero attached hydrogens (tertiary/aromatic N) is 5. The third kappa shape index (κ3) is 7.09. The van der Waals surface area contributed by atoms with Crippen molar-refractivity contribution < 1.29 is 4.79 Å². The van der Waals surface area contributed by atoms with Crippen molar-refractivity contribution in [1.82, 2.24) is 25.1 Å². The van der Waals surface area contributed by atoms with E-state index in [0.717, 1.165) is 83.6 Å². The predicted molar refractivity (Wildman–Crippen MR) is 157 cm³/mol. The number of pyridine rings is 2. The molecule has 3 aliphatic heterocycles. The molecule has 0 spiro atoms. The molecule has 208 valence electrons. The van der Waals surface area contributed by atoms with Crippen LogP contribution in [0, 0.1) is 5.92 Å². The van der Waals surface area contributed by atoms with Crippen LogP contribution in [-0.4, -0.2) is 77.0 Å². The van der Waals surface area contributed by atoms with Crippen LogP contribution < -0.4 is 21.7 Å². The van der Waals surface area contributed by atoms with Crippen LogP contribution in [0.25, 0.3) is 0 Å². The predicted octanol–water partition coefficient (Wildman–Crippen LogP) is 2.82. The van der Waals surface area contributed by atoms with Crippen LogP contribution >= 0.6 is 0 Å². The number of aromatic nitrogens is 2. The minimum Gasteiger partial charge on any atom is -0.396 e. The molecule has 2 aromatic heterocycles. The molecule has 2 saturated heterocycles. The standard InChI is InChI=1S/C30H42N8O/c31-27-7-3-14-35-29(27)38(22-25-6-1-2-13-33-25)26-11-19-37(20-12-26)30(39)24-9-17-36(18-10-24)16-4-5-23-8-15-34-28(32)21-23/h1-3,6-8,13-15,21,24-26,33H,4-5,9-12,16-20,22,31H2,(H2,32,34). The Labute approximate surface area is 232 Å².